The second kappa shape index (κ2) is 5.63. The summed E-state index contributed by atoms with van der Waals surface area (Å²) in [7, 11) is 2.01. The lowest BCUT2D eigenvalue weighted by Crippen LogP contribution is -2.16. The van der Waals surface area contributed by atoms with E-state index in [-0.39, 0.29) is 5.78 Å². The van der Waals surface area contributed by atoms with Crippen LogP contribution in [0.3, 0.4) is 0 Å². The fraction of sp³-hybridized carbons (Fsp3) is 0.231. The molecule has 0 saturated heterocycles. The summed E-state index contributed by atoms with van der Waals surface area (Å²) in [5.41, 5.74) is 4.65. The van der Waals surface area contributed by atoms with Crippen molar-refractivity contribution in [3.8, 4) is 0 Å². The van der Waals surface area contributed by atoms with Gasteiger partial charge in [0, 0.05) is 28.2 Å². The quantitative estimate of drug-likeness (QED) is 0.803. The number of ketones is 1. The van der Waals surface area contributed by atoms with Crippen LogP contribution in [0.4, 0.5) is 5.69 Å². The molecule has 5 heteroatoms. The lowest BCUT2D eigenvalue weighted by atomic mass is 10.1. The van der Waals surface area contributed by atoms with Crippen LogP contribution in [-0.4, -0.2) is 17.8 Å². The number of aromatic nitrogens is 1. The maximum absolute atomic E-state index is 11.4. The monoisotopic (exact) mass is 324 g/mol. The average molecular weight is 325 g/mol. The van der Waals surface area contributed by atoms with Gasteiger partial charge in [-0.25, -0.2) is 4.98 Å². The van der Waals surface area contributed by atoms with Gasteiger partial charge in [-0.05, 0) is 41.1 Å². The lowest BCUT2D eigenvalue weighted by Gasteiger charge is -2.19. The standard InChI is InChI=1S/C13H13BrN2OS/c1-9(17)12-4-3-11(5-13(12)14)16(2)6-10-7-18-8-15-10/h3-5,7-8H,6H2,1-2H3. The van der Waals surface area contributed by atoms with Gasteiger partial charge in [0.05, 0.1) is 17.7 Å². The summed E-state index contributed by atoms with van der Waals surface area (Å²) in [6.07, 6.45) is 0. The van der Waals surface area contributed by atoms with Crippen molar-refractivity contribution in [2.24, 2.45) is 0 Å². The van der Waals surface area contributed by atoms with Crippen LogP contribution >= 0.6 is 27.3 Å². The van der Waals surface area contributed by atoms with Gasteiger partial charge in [0.15, 0.2) is 5.78 Å². The Morgan fingerprint density at radius 1 is 1.50 bits per heavy atom. The molecule has 2 aromatic rings. The van der Waals surface area contributed by atoms with Gasteiger partial charge in [-0.1, -0.05) is 0 Å². The third-order valence-corrected chi connectivity index (χ3v) is 3.95. The normalized spacial score (nSPS) is 10.4. The summed E-state index contributed by atoms with van der Waals surface area (Å²) in [5, 5.41) is 2.04. The molecule has 1 heterocycles. The Hall–Kier alpha value is -1.20. The minimum Gasteiger partial charge on any atom is -0.369 e. The van der Waals surface area contributed by atoms with Gasteiger partial charge in [-0.2, -0.15) is 0 Å². The number of carbonyl (C=O) groups is 1. The highest BCUT2D eigenvalue weighted by molar-refractivity contribution is 9.10. The number of hydrogen-bond acceptors (Lipinski definition) is 4. The summed E-state index contributed by atoms with van der Waals surface area (Å²) in [6.45, 7) is 2.33. The summed E-state index contributed by atoms with van der Waals surface area (Å²) in [6, 6.07) is 5.76. The van der Waals surface area contributed by atoms with E-state index < -0.39 is 0 Å². The van der Waals surface area contributed by atoms with Crippen molar-refractivity contribution >= 4 is 38.7 Å². The van der Waals surface area contributed by atoms with Crippen molar-refractivity contribution in [1.82, 2.24) is 4.98 Å². The molecule has 1 aromatic carbocycles. The molecule has 0 spiro atoms. The Morgan fingerprint density at radius 3 is 2.83 bits per heavy atom. The van der Waals surface area contributed by atoms with E-state index >= 15 is 0 Å². The summed E-state index contributed by atoms with van der Waals surface area (Å²) >= 11 is 5.03. The molecular weight excluding hydrogens is 312 g/mol. The van der Waals surface area contributed by atoms with E-state index in [2.05, 4.69) is 25.8 Å². The third-order valence-electron chi connectivity index (χ3n) is 2.66. The summed E-state index contributed by atoms with van der Waals surface area (Å²) < 4.78 is 0.831. The molecule has 0 fully saturated rings. The zero-order valence-electron chi connectivity index (χ0n) is 10.2. The van der Waals surface area contributed by atoms with Crippen LogP contribution in [0.1, 0.15) is 23.0 Å². The van der Waals surface area contributed by atoms with Crippen molar-refractivity contribution in [3.63, 3.8) is 0 Å². The fourth-order valence-electron chi connectivity index (χ4n) is 1.68. The SMILES string of the molecule is CC(=O)c1ccc(N(C)Cc2cscn2)cc1Br. The molecule has 0 aliphatic rings. The molecule has 0 bridgehead atoms. The third kappa shape index (κ3) is 2.97. The first-order valence-electron chi connectivity index (χ1n) is 5.46. The number of Topliss-reactive ketones (excluding diaryl/α,β-unsaturated/α-hetero) is 1. The second-order valence-corrected chi connectivity index (χ2v) is 5.63. The van der Waals surface area contributed by atoms with Crippen molar-refractivity contribution in [3.05, 3.63) is 44.8 Å². The summed E-state index contributed by atoms with van der Waals surface area (Å²) in [5.74, 6) is 0.0654. The average Bonchev–Trinajstić information content (AvgIpc) is 2.81. The fourth-order valence-corrected chi connectivity index (χ4v) is 2.87. The van der Waals surface area contributed by atoms with Gasteiger partial charge in [0.25, 0.3) is 0 Å². The van der Waals surface area contributed by atoms with E-state index in [0.717, 1.165) is 22.4 Å². The van der Waals surface area contributed by atoms with E-state index in [1.807, 2.05) is 36.1 Å². The Balaban J connectivity index is 2.18. The zero-order chi connectivity index (χ0) is 13.1. The number of halogens is 1. The van der Waals surface area contributed by atoms with E-state index in [1.165, 1.54) is 0 Å². The van der Waals surface area contributed by atoms with Crippen LogP contribution in [0, 0.1) is 0 Å². The van der Waals surface area contributed by atoms with Crippen LogP contribution in [-0.2, 0) is 6.54 Å². The predicted molar refractivity (Wildman–Crippen MR) is 78.4 cm³/mol. The Morgan fingerprint density at radius 2 is 2.28 bits per heavy atom. The minimum atomic E-state index is 0.0654. The van der Waals surface area contributed by atoms with Crippen molar-refractivity contribution in [1.29, 1.82) is 0 Å². The van der Waals surface area contributed by atoms with Crippen LogP contribution in [0.2, 0.25) is 0 Å². The highest BCUT2D eigenvalue weighted by Crippen LogP contribution is 2.24. The van der Waals surface area contributed by atoms with Gasteiger partial charge < -0.3 is 4.90 Å². The first kappa shape index (κ1) is 13.2. The highest BCUT2D eigenvalue weighted by Gasteiger charge is 2.09. The van der Waals surface area contributed by atoms with E-state index in [1.54, 1.807) is 18.3 Å². The number of rotatable bonds is 4. The Labute approximate surface area is 119 Å². The number of anilines is 1. The number of nitrogens with zero attached hydrogens (tertiary/aromatic N) is 2. The molecule has 0 aliphatic carbocycles. The minimum absolute atomic E-state index is 0.0654. The Bertz CT molecular complexity index is 554. The topological polar surface area (TPSA) is 33.2 Å². The van der Waals surface area contributed by atoms with Crippen molar-refractivity contribution < 1.29 is 4.79 Å². The molecule has 3 nitrogen and oxygen atoms in total. The van der Waals surface area contributed by atoms with Crippen molar-refractivity contribution in [2.45, 2.75) is 13.5 Å². The maximum atomic E-state index is 11.4. The van der Waals surface area contributed by atoms with Crippen LogP contribution in [0.15, 0.2) is 33.6 Å². The molecule has 0 saturated carbocycles. The molecule has 2 rings (SSSR count). The molecule has 0 unspecified atom stereocenters. The number of carbonyl (C=O) groups excluding carboxylic acids is 1. The Kier molecular flexibility index (Phi) is 4.14. The van der Waals surface area contributed by atoms with E-state index in [9.17, 15) is 4.79 Å². The highest BCUT2D eigenvalue weighted by atomic mass is 79.9. The maximum Gasteiger partial charge on any atom is 0.160 e. The van der Waals surface area contributed by atoms with Gasteiger partial charge in [-0.3, -0.25) is 4.79 Å². The molecule has 0 amide bonds. The zero-order valence-corrected chi connectivity index (χ0v) is 12.6. The van der Waals surface area contributed by atoms with Gasteiger partial charge in [-0.15, -0.1) is 11.3 Å². The van der Waals surface area contributed by atoms with E-state index in [4.69, 9.17) is 0 Å². The molecular formula is C13H13BrN2OS. The largest absolute Gasteiger partial charge is 0.369 e. The van der Waals surface area contributed by atoms with Crippen LogP contribution in [0.5, 0.6) is 0 Å². The number of thiazole rings is 1. The first-order valence-corrected chi connectivity index (χ1v) is 7.20. The molecule has 94 valence electrons. The van der Waals surface area contributed by atoms with E-state index in [0.29, 0.717) is 5.56 Å². The first-order chi connectivity index (χ1) is 8.58. The molecule has 18 heavy (non-hydrogen) atoms. The van der Waals surface area contributed by atoms with Crippen molar-refractivity contribution in [2.75, 3.05) is 11.9 Å². The molecule has 0 radical (unpaired) electrons. The molecule has 0 N–H and O–H groups in total. The summed E-state index contributed by atoms with van der Waals surface area (Å²) in [4.78, 5) is 17.7. The van der Waals surface area contributed by atoms with Crippen LogP contribution < -0.4 is 4.90 Å². The smallest absolute Gasteiger partial charge is 0.160 e. The number of benzene rings is 1. The molecule has 1 aromatic heterocycles. The second-order valence-electron chi connectivity index (χ2n) is 4.06. The number of hydrogen-bond donors (Lipinski definition) is 0. The molecule has 0 atom stereocenters. The predicted octanol–water partition coefficient (Wildman–Crippen LogP) is 3.74. The van der Waals surface area contributed by atoms with Gasteiger partial charge in [0.2, 0.25) is 0 Å². The van der Waals surface area contributed by atoms with Gasteiger partial charge >= 0.3 is 0 Å². The van der Waals surface area contributed by atoms with Gasteiger partial charge in [0.1, 0.15) is 0 Å². The molecule has 0 aliphatic heterocycles. The lowest BCUT2D eigenvalue weighted by molar-refractivity contribution is 0.101. The van der Waals surface area contributed by atoms with Crippen LogP contribution in [0.25, 0.3) is 0 Å².